The highest BCUT2D eigenvalue weighted by Gasteiger charge is 2.14. The Hall–Kier alpha value is -2.37. The van der Waals surface area contributed by atoms with Crippen LogP contribution in [0, 0.1) is 0 Å². The van der Waals surface area contributed by atoms with Crippen LogP contribution in [0.4, 0.5) is 0 Å². The normalized spacial score (nSPS) is 10.3. The van der Waals surface area contributed by atoms with Crippen molar-refractivity contribution in [3.05, 3.63) is 34.4 Å². The van der Waals surface area contributed by atoms with Gasteiger partial charge < -0.3 is 14.5 Å². The molecule has 0 saturated carbocycles. The molecule has 2 aromatic rings. The van der Waals surface area contributed by atoms with Gasteiger partial charge in [-0.1, -0.05) is 6.07 Å². The fraction of sp³-hybridized carbons (Fsp3) is 0.250. The minimum Gasteiger partial charge on any atom is -0.494 e. The molecule has 0 radical (unpaired) electrons. The highest BCUT2D eigenvalue weighted by molar-refractivity contribution is 5.90. The van der Waals surface area contributed by atoms with Crippen molar-refractivity contribution >= 4 is 16.9 Å². The van der Waals surface area contributed by atoms with E-state index in [1.54, 1.807) is 25.1 Å². The summed E-state index contributed by atoms with van der Waals surface area (Å²) < 4.78 is 9.90. The molecule has 1 N–H and O–H groups in total. The quantitative estimate of drug-likeness (QED) is 0.823. The Bertz CT molecular complexity index is 648. The van der Waals surface area contributed by atoms with Crippen LogP contribution < -0.4 is 10.3 Å². The number of H-pyrrole nitrogens is 1. The van der Waals surface area contributed by atoms with Crippen molar-refractivity contribution in [1.29, 1.82) is 0 Å². The lowest BCUT2D eigenvalue weighted by atomic mass is 10.2. The molecule has 6 heteroatoms. The van der Waals surface area contributed by atoms with Crippen molar-refractivity contribution in [3.63, 3.8) is 0 Å². The number of carbonyl (C=O) groups is 1. The number of aromatic amines is 1. The number of hydrogen-bond donors (Lipinski definition) is 1. The molecule has 1 aromatic carbocycles. The second kappa shape index (κ2) is 4.87. The van der Waals surface area contributed by atoms with Crippen LogP contribution in [0.25, 0.3) is 10.9 Å². The molecule has 0 aliphatic rings. The van der Waals surface area contributed by atoms with Crippen molar-refractivity contribution < 1.29 is 14.3 Å². The Balaban J connectivity index is 2.67. The Kier molecular flexibility index (Phi) is 3.27. The lowest BCUT2D eigenvalue weighted by Gasteiger charge is -2.05. The summed E-state index contributed by atoms with van der Waals surface area (Å²) in [5.74, 6) is -0.356. The number of carbonyl (C=O) groups excluding carboxylic acids is 1. The number of esters is 1. The molecule has 1 heterocycles. The zero-order valence-corrected chi connectivity index (χ0v) is 10.0. The summed E-state index contributed by atoms with van der Waals surface area (Å²) in [5, 5.41) is 0.363. The van der Waals surface area contributed by atoms with Gasteiger partial charge in [0, 0.05) is 0 Å². The average Bonchev–Trinajstić information content (AvgIpc) is 2.38. The van der Waals surface area contributed by atoms with Gasteiger partial charge >= 0.3 is 5.97 Å². The highest BCUT2D eigenvalue weighted by atomic mass is 16.5. The lowest BCUT2D eigenvalue weighted by Crippen LogP contribution is -2.18. The Labute approximate surface area is 103 Å². The van der Waals surface area contributed by atoms with Gasteiger partial charge in [0.25, 0.3) is 5.56 Å². The molecule has 0 atom stereocenters. The fourth-order valence-corrected chi connectivity index (χ4v) is 1.60. The molecule has 0 amide bonds. The molecule has 0 fully saturated rings. The molecule has 94 valence electrons. The van der Waals surface area contributed by atoms with Gasteiger partial charge in [-0.05, 0) is 19.1 Å². The third-order valence-corrected chi connectivity index (χ3v) is 2.39. The minimum absolute atomic E-state index is 0.126. The van der Waals surface area contributed by atoms with Crippen molar-refractivity contribution in [2.24, 2.45) is 0 Å². The third-order valence-electron chi connectivity index (χ3n) is 2.39. The van der Waals surface area contributed by atoms with E-state index in [0.717, 1.165) is 0 Å². The Morgan fingerprint density at radius 3 is 2.89 bits per heavy atom. The number of fused-ring (bicyclic) bond motifs is 1. The molecule has 0 saturated heterocycles. The number of nitrogens with one attached hydrogen (secondary N) is 1. The average molecular weight is 248 g/mol. The second-order valence-electron chi connectivity index (χ2n) is 3.49. The lowest BCUT2D eigenvalue weighted by molar-refractivity contribution is 0.0512. The van der Waals surface area contributed by atoms with E-state index in [9.17, 15) is 9.59 Å². The smallest absolute Gasteiger partial charge is 0.374 e. The molecule has 0 bridgehead atoms. The van der Waals surface area contributed by atoms with E-state index in [1.807, 2.05) is 0 Å². The molecule has 0 unspecified atom stereocenters. The molecule has 18 heavy (non-hydrogen) atoms. The number of rotatable bonds is 3. The highest BCUT2D eigenvalue weighted by Crippen LogP contribution is 2.20. The standard InChI is InChI=1S/C12H12N2O4/c1-3-18-12(16)10-13-9-7(11(15)14-10)5-4-6-8(9)17-2/h4-6H,3H2,1-2H3,(H,13,14,15). The Morgan fingerprint density at radius 2 is 2.22 bits per heavy atom. The maximum Gasteiger partial charge on any atom is 0.374 e. The number of methoxy groups -OCH3 is 1. The SMILES string of the molecule is CCOC(=O)c1nc2c(OC)cccc2c(=O)[nH]1. The molecule has 6 nitrogen and oxygen atoms in total. The van der Waals surface area contributed by atoms with E-state index < -0.39 is 11.5 Å². The molecule has 0 spiro atoms. The third kappa shape index (κ3) is 2.04. The van der Waals surface area contributed by atoms with Crippen molar-refractivity contribution in [1.82, 2.24) is 9.97 Å². The predicted octanol–water partition coefficient (Wildman–Crippen LogP) is 1.11. The van der Waals surface area contributed by atoms with Crippen LogP contribution in [0.3, 0.4) is 0 Å². The predicted molar refractivity (Wildman–Crippen MR) is 64.9 cm³/mol. The van der Waals surface area contributed by atoms with Crippen LogP contribution in [0.15, 0.2) is 23.0 Å². The number of para-hydroxylation sites is 1. The number of aromatic nitrogens is 2. The molecular weight excluding hydrogens is 236 g/mol. The summed E-state index contributed by atoms with van der Waals surface area (Å²) in [6, 6.07) is 4.96. The van der Waals surface area contributed by atoms with Crippen molar-refractivity contribution in [2.75, 3.05) is 13.7 Å². The molecule has 2 rings (SSSR count). The molecule has 1 aromatic heterocycles. The van der Waals surface area contributed by atoms with E-state index in [4.69, 9.17) is 9.47 Å². The molecule has 0 aliphatic carbocycles. The van der Waals surface area contributed by atoms with Gasteiger partial charge in [0.2, 0.25) is 5.82 Å². The first kappa shape index (κ1) is 12.1. The van der Waals surface area contributed by atoms with Gasteiger partial charge in [-0.25, -0.2) is 9.78 Å². The largest absolute Gasteiger partial charge is 0.494 e. The van der Waals surface area contributed by atoms with Gasteiger partial charge in [0.15, 0.2) is 0 Å². The summed E-state index contributed by atoms with van der Waals surface area (Å²) in [6.45, 7) is 1.89. The topological polar surface area (TPSA) is 81.3 Å². The van der Waals surface area contributed by atoms with E-state index in [0.29, 0.717) is 16.7 Å². The number of ether oxygens (including phenoxy) is 2. The first-order valence-electron chi connectivity index (χ1n) is 5.41. The number of hydrogen-bond acceptors (Lipinski definition) is 5. The van der Waals surface area contributed by atoms with Crippen LogP contribution in [-0.4, -0.2) is 29.7 Å². The van der Waals surface area contributed by atoms with Crippen LogP contribution >= 0.6 is 0 Å². The van der Waals surface area contributed by atoms with Crippen LogP contribution in [0.1, 0.15) is 17.5 Å². The van der Waals surface area contributed by atoms with Crippen LogP contribution in [0.2, 0.25) is 0 Å². The fourth-order valence-electron chi connectivity index (χ4n) is 1.60. The van der Waals surface area contributed by atoms with Crippen molar-refractivity contribution in [2.45, 2.75) is 6.92 Å². The monoisotopic (exact) mass is 248 g/mol. The summed E-state index contributed by atoms with van der Waals surface area (Å²) >= 11 is 0. The zero-order chi connectivity index (χ0) is 13.1. The van der Waals surface area contributed by atoms with E-state index in [-0.39, 0.29) is 12.4 Å². The molecule has 0 aliphatic heterocycles. The van der Waals surface area contributed by atoms with Gasteiger partial charge in [0.1, 0.15) is 11.3 Å². The zero-order valence-electron chi connectivity index (χ0n) is 10.0. The van der Waals surface area contributed by atoms with Gasteiger partial charge in [-0.2, -0.15) is 0 Å². The van der Waals surface area contributed by atoms with E-state index >= 15 is 0 Å². The number of benzene rings is 1. The van der Waals surface area contributed by atoms with E-state index in [2.05, 4.69) is 9.97 Å². The van der Waals surface area contributed by atoms with Crippen LogP contribution in [0.5, 0.6) is 5.75 Å². The second-order valence-corrected chi connectivity index (χ2v) is 3.49. The summed E-state index contributed by atoms with van der Waals surface area (Å²) in [6.07, 6.45) is 0. The Morgan fingerprint density at radius 1 is 1.44 bits per heavy atom. The maximum absolute atomic E-state index is 11.8. The van der Waals surface area contributed by atoms with Crippen molar-refractivity contribution in [3.8, 4) is 5.75 Å². The summed E-state index contributed by atoms with van der Waals surface area (Å²) in [7, 11) is 1.47. The van der Waals surface area contributed by atoms with Gasteiger partial charge in [0.05, 0.1) is 19.1 Å². The van der Waals surface area contributed by atoms with E-state index in [1.165, 1.54) is 7.11 Å². The van der Waals surface area contributed by atoms with Gasteiger partial charge in [-0.3, -0.25) is 4.79 Å². The van der Waals surface area contributed by atoms with Crippen LogP contribution in [-0.2, 0) is 4.74 Å². The van der Waals surface area contributed by atoms with Gasteiger partial charge in [-0.15, -0.1) is 0 Å². The minimum atomic E-state index is -0.664. The summed E-state index contributed by atoms with van der Waals surface area (Å²) in [4.78, 5) is 29.8. The first-order chi connectivity index (χ1) is 8.67. The molecular formula is C12H12N2O4. The maximum atomic E-state index is 11.8. The number of nitrogens with zero attached hydrogens (tertiary/aromatic N) is 1. The first-order valence-corrected chi connectivity index (χ1v) is 5.41. The summed E-state index contributed by atoms with van der Waals surface area (Å²) in [5.41, 5.74) is -0.0613.